The summed E-state index contributed by atoms with van der Waals surface area (Å²) in [4.78, 5) is 16.2. The van der Waals surface area contributed by atoms with Gasteiger partial charge in [-0.1, -0.05) is 30.1 Å². The summed E-state index contributed by atoms with van der Waals surface area (Å²) in [6.45, 7) is 2.12. The van der Waals surface area contributed by atoms with Gasteiger partial charge in [-0.25, -0.2) is 4.98 Å². The molecule has 6 heteroatoms. The molecule has 110 valence electrons. The lowest BCUT2D eigenvalue weighted by Crippen LogP contribution is -2.53. The summed E-state index contributed by atoms with van der Waals surface area (Å²) in [5.41, 5.74) is -0.263. The number of hydrogen-bond donors (Lipinski definition) is 2. The van der Waals surface area contributed by atoms with E-state index in [1.54, 1.807) is 0 Å². The van der Waals surface area contributed by atoms with Gasteiger partial charge in [-0.15, -0.1) is 0 Å². The van der Waals surface area contributed by atoms with E-state index >= 15 is 0 Å². The van der Waals surface area contributed by atoms with E-state index in [4.69, 9.17) is 23.2 Å². The number of aromatic nitrogens is 1. The lowest BCUT2D eigenvalue weighted by molar-refractivity contribution is 0.0717. The van der Waals surface area contributed by atoms with Crippen LogP contribution in [-0.2, 0) is 0 Å². The van der Waals surface area contributed by atoms with Gasteiger partial charge in [0, 0.05) is 6.20 Å². The highest BCUT2D eigenvalue weighted by Gasteiger charge is 2.35. The second-order valence-corrected chi connectivity index (χ2v) is 6.36. The average molecular weight is 317 g/mol. The number of aliphatic hydroxyl groups excluding tert-OH is 1. The maximum absolute atomic E-state index is 12.3. The predicted octanol–water partition coefficient (Wildman–Crippen LogP) is 3.06. The summed E-state index contributed by atoms with van der Waals surface area (Å²) in [5.74, 6) is 0.313. The highest BCUT2D eigenvalue weighted by molar-refractivity contribution is 6.35. The first kappa shape index (κ1) is 15.5. The Morgan fingerprint density at radius 3 is 2.75 bits per heavy atom. The molecular formula is C14H18Cl2N2O2. The minimum absolute atomic E-state index is 0.0676. The predicted molar refractivity (Wildman–Crippen MR) is 79.2 cm³/mol. The van der Waals surface area contributed by atoms with E-state index in [0.29, 0.717) is 5.92 Å². The van der Waals surface area contributed by atoms with Crippen LogP contribution in [0, 0.1) is 5.92 Å². The Labute approximate surface area is 128 Å². The number of pyridine rings is 1. The first-order valence-electron chi connectivity index (χ1n) is 6.70. The fraction of sp³-hybridized carbons (Fsp3) is 0.571. The molecule has 4 nitrogen and oxygen atoms in total. The molecule has 1 saturated carbocycles. The second kappa shape index (κ2) is 6.29. The van der Waals surface area contributed by atoms with Crippen molar-refractivity contribution in [1.29, 1.82) is 0 Å². The largest absolute Gasteiger partial charge is 0.394 e. The van der Waals surface area contributed by atoms with Crippen LogP contribution in [0.15, 0.2) is 12.3 Å². The van der Waals surface area contributed by atoms with E-state index < -0.39 is 5.54 Å². The molecule has 0 aliphatic heterocycles. The molecule has 2 N–H and O–H groups in total. The molecular weight excluding hydrogens is 299 g/mol. The summed E-state index contributed by atoms with van der Waals surface area (Å²) < 4.78 is 0. The molecule has 1 aliphatic carbocycles. The third-order valence-corrected chi connectivity index (χ3v) is 4.49. The van der Waals surface area contributed by atoms with E-state index in [9.17, 15) is 9.90 Å². The Morgan fingerprint density at radius 2 is 2.15 bits per heavy atom. The van der Waals surface area contributed by atoms with Crippen LogP contribution < -0.4 is 5.32 Å². The van der Waals surface area contributed by atoms with Gasteiger partial charge >= 0.3 is 0 Å². The SMILES string of the molecule is CC1CCC(CO)(NC(=O)c2cc(Cl)ncc2Cl)CC1. The second-order valence-electron chi connectivity index (χ2n) is 5.56. The normalized spacial score (nSPS) is 26.3. The molecule has 1 aromatic heterocycles. The maximum Gasteiger partial charge on any atom is 0.253 e. The third kappa shape index (κ3) is 3.43. The number of carbonyl (C=O) groups is 1. The Bertz CT molecular complexity index is 500. The zero-order valence-electron chi connectivity index (χ0n) is 11.3. The van der Waals surface area contributed by atoms with Crippen LogP contribution in [0.4, 0.5) is 0 Å². The number of rotatable bonds is 3. The molecule has 1 aliphatic rings. The van der Waals surface area contributed by atoms with Crippen molar-refractivity contribution in [1.82, 2.24) is 10.3 Å². The van der Waals surface area contributed by atoms with E-state index in [1.807, 2.05) is 0 Å². The van der Waals surface area contributed by atoms with Gasteiger partial charge in [-0.3, -0.25) is 4.79 Å². The number of nitrogens with zero attached hydrogens (tertiary/aromatic N) is 1. The summed E-state index contributed by atoms with van der Waals surface area (Å²) in [5, 5.41) is 13.1. The molecule has 1 aromatic rings. The van der Waals surface area contributed by atoms with Crippen LogP contribution in [0.3, 0.4) is 0 Å². The van der Waals surface area contributed by atoms with Gasteiger partial charge in [-0.2, -0.15) is 0 Å². The zero-order chi connectivity index (χ0) is 14.8. The maximum atomic E-state index is 12.3. The Balaban J connectivity index is 2.15. The Kier molecular flexibility index (Phi) is 4.89. The standard InChI is InChI=1S/C14H18Cl2N2O2/c1-9-2-4-14(8-19,5-3-9)18-13(20)10-6-12(16)17-7-11(10)15/h6-7,9,19H,2-5,8H2,1H3,(H,18,20). The topological polar surface area (TPSA) is 62.2 Å². The van der Waals surface area contributed by atoms with Crippen LogP contribution in [0.2, 0.25) is 10.2 Å². The summed E-state index contributed by atoms with van der Waals surface area (Å²) in [6.07, 6.45) is 4.88. The quantitative estimate of drug-likeness (QED) is 0.842. The molecule has 0 atom stereocenters. The van der Waals surface area contributed by atoms with Crippen LogP contribution in [0.1, 0.15) is 43.0 Å². The van der Waals surface area contributed by atoms with Gasteiger partial charge in [0.2, 0.25) is 0 Å². The van der Waals surface area contributed by atoms with Crippen molar-refractivity contribution in [3.8, 4) is 0 Å². The lowest BCUT2D eigenvalue weighted by atomic mass is 9.77. The van der Waals surface area contributed by atoms with Crippen LogP contribution in [0.5, 0.6) is 0 Å². The first-order valence-corrected chi connectivity index (χ1v) is 7.46. The van der Waals surface area contributed by atoms with Crippen molar-refractivity contribution in [2.24, 2.45) is 5.92 Å². The van der Waals surface area contributed by atoms with Crippen molar-refractivity contribution in [2.45, 2.75) is 38.1 Å². The van der Waals surface area contributed by atoms with Crippen LogP contribution >= 0.6 is 23.2 Å². The van der Waals surface area contributed by atoms with Crippen molar-refractivity contribution in [2.75, 3.05) is 6.61 Å². The van der Waals surface area contributed by atoms with Crippen molar-refractivity contribution in [3.05, 3.63) is 28.0 Å². The Morgan fingerprint density at radius 1 is 1.50 bits per heavy atom. The van der Waals surface area contributed by atoms with Crippen molar-refractivity contribution in [3.63, 3.8) is 0 Å². The minimum atomic E-state index is -0.553. The highest BCUT2D eigenvalue weighted by Crippen LogP contribution is 2.32. The van der Waals surface area contributed by atoms with Crippen LogP contribution in [-0.4, -0.2) is 28.1 Å². The number of aliphatic hydroxyl groups is 1. The number of nitrogens with one attached hydrogen (secondary N) is 1. The van der Waals surface area contributed by atoms with Crippen molar-refractivity contribution < 1.29 is 9.90 Å². The molecule has 1 amide bonds. The molecule has 0 unspecified atom stereocenters. The van der Waals surface area contributed by atoms with Gasteiger partial charge in [-0.05, 0) is 37.7 Å². The van der Waals surface area contributed by atoms with Crippen LogP contribution in [0.25, 0.3) is 0 Å². The fourth-order valence-corrected chi connectivity index (χ4v) is 2.88. The van der Waals surface area contributed by atoms with E-state index in [-0.39, 0.29) is 28.3 Å². The molecule has 0 saturated heterocycles. The summed E-state index contributed by atoms with van der Waals surface area (Å²) in [7, 11) is 0. The van der Waals surface area contributed by atoms with E-state index in [2.05, 4.69) is 17.2 Å². The molecule has 1 heterocycles. The molecule has 0 spiro atoms. The number of hydrogen-bond acceptors (Lipinski definition) is 3. The Hall–Kier alpha value is -0.840. The molecule has 0 bridgehead atoms. The monoisotopic (exact) mass is 316 g/mol. The molecule has 1 fully saturated rings. The molecule has 0 radical (unpaired) electrons. The average Bonchev–Trinajstić information content (AvgIpc) is 2.44. The number of carbonyl (C=O) groups excluding carboxylic acids is 1. The third-order valence-electron chi connectivity index (χ3n) is 3.98. The number of amides is 1. The van der Waals surface area contributed by atoms with Gasteiger partial charge in [0.25, 0.3) is 5.91 Å². The van der Waals surface area contributed by atoms with Gasteiger partial charge in [0.15, 0.2) is 0 Å². The minimum Gasteiger partial charge on any atom is -0.394 e. The van der Waals surface area contributed by atoms with Gasteiger partial charge < -0.3 is 10.4 Å². The summed E-state index contributed by atoms with van der Waals surface area (Å²) >= 11 is 11.8. The van der Waals surface area contributed by atoms with Gasteiger partial charge in [0.05, 0.1) is 22.7 Å². The highest BCUT2D eigenvalue weighted by atomic mass is 35.5. The molecule has 20 heavy (non-hydrogen) atoms. The first-order chi connectivity index (χ1) is 9.46. The smallest absolute Gasteiger partial charge is 0.253 e. The molecule has 0 aromatic carbocycles. The van der Waals surface area contributed by atoms with Gasteiger partial charge in [0.1, 0.15) is 5.15 Å². The molecule has 2 rings (SSSR count). The lowest BCUT2D eigenvalue weighted by Gasteiger charge is -2.38. The van der Waals surface area contributed by atoms with E-state index in [0.717, 1.165) is 25.7 Å². The number of halogens is 2. The van der Waals surface area contributed by atoms with E-state index in [1.165, 1.54) is 12.3 Å². The fourth-order valence-electron chi connectivity index (χ4n) is 2.53. The summed E-state index contributed by atoms with van der Waals surface area (Å²) in [6, 6.07) is 1.44. The van der Waals surface area contributed by atoms with Crippen molar-refractivity contribution >= 4 is 29.1 Å². The zero-order valence-corrected chi connectivity index (χ0v) is 12.8.